The first-order chi connectivity index (χ1) is 7.18. The lowest BCUT2D eigenvalue weighted by Gasteiger charge is -2.21. The molecule has 0 bridgehead atoms. The second-order valence-corrected chi connectivity index (χ2v) is 4.04. The third-order valence-electron chi connectivity index (χ3n) is 2.95. The average Bonchev–Trinajstić information content (AvgIpc) is 2.62. The standard InChI is InChI=1S/C10H15F2N3/c11-10(12)9-8(13)6-15(14-9)7-4-2-1-3-5-7/h6-7,10H,1-5,13H2. The Kier molecular flexibility index (Phi) is 2.88. The number of nitrogens with two attached hydrogens (primary N) is 1. The number of alkyl halides is 2. The van der Waals surface area contributed by atoms with Gasteiger partial charge in [0.15, 0.2) is 5.69 Å². The third kappa shape index (κ3) is 2.11. The van der Waals surface area contributed by atoms with Gasteiger partial charge in [-0.15, -0.1) is 0 Å². The van der Waals surface area contributed by atoms with Gasteiger partial charge in [-0.1, -0.05) is 19.3 Å². The predicted octanol–water partition coefficient (Wildman–Crippen LogP) is 2.91. The van der Waals surface area contributed by atoms with E-state index in [1.54, 1.807) is 4.68 Å². The van der Waals surface area contributed by atoms with E-state index in [0.717, 1.165) is 25.7 Å². The van der Waals surface area contributed by atoms with E-state index < -0.39 is 6.43 Å². The van der Waals surface area contributed by atoms with Crippen LogP contribution in [0.1, 0.15) is 50.3 Å². The van der Waals surface area contributed by atoms with Crippen LogP contribution < -0.4 is 5.73 Å². The molecule has 84 valence electrons. The summed E-state index contributed by atoms with van der Waals surface area (Å²) in [6.45, 7) is 0. The molecule has 1 fully saturated rings. The van der Waals surface area contributed by atoms with E-state index in [-0.39, 0.29) is 17.4 Å². The van der Waals surface area contributed by atoms with Crippen molar-refractivity contribution in [3.8, 4) is 0 Å². The molecule has 2 N–H and O–H groups in total. The van der Waals surface area contributed by atoms with Gasteiger partial charge in [0.1, 0.15) is 0 Å². The molecule has 0 amide bonds. The van der Waals surface area contributed by atoms with Gasteiger partial charge in [0.25, 0.3) is 6.43 Å². The fourth-order valence-electron chi connectivity index (χ4n) is 2.12. The Morgan fingerprint density at radius 3 is 2.53 bits per heavy atom. The van der Waals surface area contributed by atoms with E-state index in [0.29, 0.717) is 0 Å². The molecule has 15 heavy (non-hydrogen) atoms. The highest BCUT2D eigenvalue weighted by molar-refractivity contribution is 5.41. The second kappa shape index (κ2) is 4.16. The molecule has 1 heterocycles. The molecule has 0 aromatic carbocycles. The Labute approximate surface area is 87.3 Å². The molecular weight excluding hydrogens is 200 g/mol. The Bertz CT molecular complexity index is 329. The van der Waals surface area contributed by atoms with Crippen molar-refractivity contribution in [2.45, 2.75) is 44.6 Å². The highest BCUT2D eigenvalue weighted by atomic mass is 19.3. The normalized spacial score (nSPS) is 18.6. The topological polar surface area (TPSA) is 43.8 Å². The minimum atomic E-state index is -2.57. The Hall–Kier alpha value is -1.13. The second-order valence-electron chi connectivity index (χ2n) is 4.04. The largest absolute Gasteiger partial charge is 0.396 e. The molecule has 5 heteroatoms. The Morgan fingerprint density at radius 1 is 1.33 bits per heavy atom. The smallest absolute Gasteiger partial charge is 0.284 e. The number of anilines is 1. The van der Waals surface area contributed by atoms with E-state index in [4.69, 9.17) is 5.73 Å². The first kappa shape index (κ1) is 10.4. The van der Waals surface area contributed by atoms with Crippen molar-refractivity contribution in [1.29, 1.82) is 0 Å². The lowest BCUT2D eigenvalue weighted by atomic mass is 9.96. The minimum absolute atomic E-state index is 0.107. The minimum Gasteiger partial charge on any atom is -0.396 e. The number of hydrogen-bond donors (Lipinski definition) is 1. The summed E-state index contributed by atoms with van der Waals surface area (Å²) >= 11 is 0. The van der Waals surface area contributed by atoms with E-state index in [2.05, 4.69) is 5.10 Å². The summed E-state index contributed by atoms with van der Waals surface area (Å²) in [5, 5.41) is 3.87. The van der Waals surface area contributed by atoms with Gasteiger partial charge in [-0.2, -0.15) is 5.10 Å². The first-order valence-corrected chi connectivity index (χ1v) is 5.31. The zero-order valence-electron chi connectivity index (χ0n) is 8.50. The van der Waals surface area contributed by atoms with E-state index >= 15 is 0 Å². The molecule has 0 spiro atoms. The van der Waals surface area contributed by atoms with Gasteiger partial charge in [0.2, 0.25) is 0 Å². The van der Waals surface area contributed by atoms with Gasteiger partial charge in [-0.3, -0.25) is 4.68 Å². The van der Waals surface area contributed by atoms with E-state index in [1.807, 2.05) is 0 Å². The first-order valence-electron chi connectivity index (χ1n) is 5.31. The zero-order valence-corrected chi connectivity index (χ0v) is 8.50. The fourth-order valence-corrected chi connectivity index (χ4v) is 2.12. The van der Waals surface area contributed by atoms with Crippen LogP contribution in [0, 0.1) is 0 Å². The number of hydrogen-bond acceptors (Lipinski definition) is 2. The summed E-state index contributed by atoms with van der Waals surface area (Å²) in [6.07, 6.45) is 4.53. The summed E-state index contributed by atoms with van der Waals surface area (Å²) in [6, 6.07) is 0.258. The van der Waals surface area contributed by atoms with Crippen LogP contribution in [0.25, 0.3) is 0 Å². The SMILES string of the molecule is Nc1cn(C2CCCCC2)nc1C(F)F. The Morgan fingerprint density at radius 2 is 2.00 bits per heavy atom. The van der Waals surface area contributed by atoms with Crippen molar-refractivity contribution in [3.05, 3.63) is 11.9 Å². The summed E-state index contributed by atoms with van der Waals surface area (Å²) < 4.78 is 26.5. The van der Waals surface area contributed by atoms with Crippen LogP contribution in [0.5, 0.6) is 0 Å². The number of nitrogen functional groups attached to an aromatic ring is 1. The molecule has 1 aliphatic rings. The average molecular weight is 215 g/mol. The number of rotatable bonds is 2. The number of halogens is 2. The lowest BCUT2D eigenvalue weighted by Crippen LogP contribution is -2.13. The maximum absolute atomic E-state index is 12.5. The van der Waals surface area contributed by atoms with Gasteiger partial charge in [-0.25, -0.2) is 8.78 Å². The molecule has 1 saturated carbocycles. The molecular formula is C10H15F2N3. The third-order valence-corrected chi connectivity index (χ3v) is 2.95. The van der Waals surface area contributed by atoms with Crippen LogP contribution in [0.15, 0.2) is 6.20 Å². The van der Waals surface area contributed by atoms with E-state index in [1.165, 1.54) is 12.6 Å². The van der Waals surface area contributed by atoms with Crippen LogP contribution in [-0.4, -0.2) is 9.78 Å². The van der Waals surface area contributed by atoms with Crippen molar-refractivity contribution >= 4 is 5.69 Å². The molecule has 2 rings (SSSR count). The van der Waals surface area contributed by atoms with Gasteiger partial charge in [0.05, 0.1) is 11.7 Å². The monoisotopic (exact) mass is 215 g/mol. The zero-order chi connectivity index (χ0) is 10.8. The van der Waals surface area contributed by atoms with Gasteiger partial charge >= 0.3 is 0 Å². The highest BCUT2D eigenvalue weighted by Gasteiger charge is 2.21. The van der Waals surface area contributed by atoms with Crippen molar-refractivity contribution in [2.24, 2.45) is 0 Å². The fraction of sp³-hybridized carbons (Fsp3) is 0.700. The van der Waals surface area contributed by atoms with Crippen LogP contribution >= 0.6 is 0 Å². The lowest BCUT2D eigenvalue weighted by molar-refractivity contribution is 0.144. The molecule has 0 aliphatic heterocycles. The van der Waals surface area contributed by atoms with Crippen molar-refractivity contribution in [2.75, 3.05) is 5.73 Å². The molecule has 1 aromatic heterocycles. The molecule has 0 atom stereocenters. The van der Waals surface area contributed by atoms with Crippen LogP contribution in [-0.2, 0) is 0 Å². The predicted molar refractivity (Wildman–Crippen MR) is 53.7 cm³/mol. The van der Waals surface area contributed by atoms with Gasteiger partial charge in [-0.05, 0) is 12.8 Å². The molecule has 1 aromatic rings. The maximum Gasteiger partial charge on any atom is 0.284 e. The summed E-state index contributed by atoms with van der Waals surface area (Å²) in [4.78, 5) is 0. The molecule has 0 unspecified atom stereocenters. The van der Waals surface area contributed by atoms with Crippen molar-refractivity contribution < 1.29 is 8.78 Å². The molecule has 0 saturated heterocycles. The number of nitrogens with zero attached hydrogens (tertiary/aromatic N) is 2. The summed E-state index contributed by atoms with van der Waals surface area (Å²) in [7, 11) is 0. The van der Waals surface area contributed by atoms with Gasteiger partial charge < -0.3 is 5.73 Å². The van der Waals surface area contributed by atoms with Crippen molar-refractivity contribution in [1.82, 2.24) is 9.78 Å². The van der Waals surface area contributed by atoms with Crippen LogP contribution in [0.3, 0.4) is 0 Å². The van der Waals surface area contributed by atoms with Crippen molar-refractivity contribution in [3.63, 3.8) is 0 Å². The van der Waals surface area contributed by atoms with Crippen LogP contribution in [0.4, 0.5) is 14.5 Å². The summed E-state index contributed by atoms with van der Waals surface area (Å²) in [5.41, 5.74) is 5.32. The molecule has 1 aliphatic carbocycles. The summed E-state index contributed by atoms with van der Waals surface area (Å²) in [5.74, 6) is 0. The highest BCUT2D eigenvalue weighted by Crippen LogP contribution is 2.30. The molecule has 3 nitrogen and oxygen atoms in total. The quantitative estimate of drug-likeness (QED) is 0.824. The van der Waals surface area contributed by atoms with Gasteiger partial charge in [0, 0.05) is 6.20 Å². The molecule has 0 radical (unpaired) electrons. The van der Waals surface area contributed by atoms with Crippen LogP contribution in [0.2, 0.25) is 0 Å². The van der Waals surface area contributed by atoms with E-state index in [9.17, 15) is 8.78 Å². The maximum atomic E-state index is 12.5. The Balaban J connectivity index is 2.17. The number of aromatic nitrogens is 2.